The number of rotatable bonds is 10. The van der Waals surface area contributed by atoms with Crippen molar-refractivity contribution in [3.63, 3.8) is 0 Å². The molecule has 0 aliphatic rings. The minimum atomic E-state index is 0.710. The SMILES string of the molecule is CCCCCCCC/C=C/NCCN. The quantitative estimate of drug-likeness (QED) is 0.530. The number of hydrogen-bond donors (Lipinski definition) is 2. The number of nitrogens with one attached hydrogen (secondary N) is 1. The molecule has 0 aliphatic heterocycles. The van der Waals surface area contributed by atoms with E-state index in [4.69, 9.17) is 5.73 Å². The Morgan fingerprint density at radius 2 is 1.79 bits per heavy atom. The van der Waals surface area contributed by atoms with Gasteiger partial charge in [0, 0.05) is 13.1 Å². The van der Waals surface area contributed by atoms with Crippen LogP contribution in [0.4, 0.5) is 0 Å². The molecule has 0 rings (SSSR count). The number of hydrogen-bond acceptors (Lipinski definition) is 2. The average molecular weight is 198 g/mol. The fraction of sp³-hybridized carbons (Fsp3) is 0.833. The van der Waals surface area contributed by atoms with Crippen LogP contribution in [0.3, 0.4) is 0 Å². The molecule has 0 amide bonds. The van der Waals surface area contributed by atoms with E-state index in [0.29, 0.717) is 6.54 Å². The van der Waals surface area contributed by atoms with Gasteiger partial charge in [-0.15, -0.1) is 0 Å². The molecule has 0 unspecified atom stereocenters. The van der Waals surface area contributed by atoms with Crippen molar-refractivity contribution in [1.82, 2.24) is 5.32 Å². The number of nitrogens with two attached hydrogens (primary N) is 1. The highest BCUT2D eigenvalue weighted by Crippen LogP contribution is 2.06. The van der Waals surface area contributed by atoms with E-state index < -0.39 is 0 Å². The lowest BCUT2D eigenvalue weighted by molar-refractivity contribution is 0.611. The Labute approximate surface area is 89.0 Å². The van der Waals surface area contributed by atoms with Gasteiger partial charge in [0.2, 0.25) is 0 Å². The molecule has 0 radical (unpaired) electrons. The first-order chi connectivity index (χ1) is 6.91. The average Bonchev–Trinajstić information content (AvgIpc) is 2.21. The van der Waals surface area contributed by atoms with Crippen LogP contribution in [0.1, 0.15) is 51.9 Å². The van der Waals surface area contributed by atoms with Crippen molar-refractivity contribution in [2.75, 3.05) is 13.1 Å². The second kappa shape index (κ2) is 12.5. The Balaban J connectivity index is 2.94. The third-order valence-electron chi connectivity index (χ3n) is 2.25. The molecule has 0 heterocycles. The van der Waals surface area contributed by atoms with E-state index in [-0.39, 0.29) is 0 Å². The molecule has 0 saturated heterocycles. The van der Waals surface area contributed by atoms with Gasteiger partial charge in [0.15, 0.2) is 0 Å². The Hall–Kier alpha value is -0.500. The molecule has 0 aromatic heterocycles. The fourth-order valence-electron chi connectivity index (χ4n) is 1.38. The summed E-state index contributed by atoms with van der Waals surface area (Å²) in [5.74, 6) is 0. The summed E-state index contributed by atoms with van der Waals surface area (Å²) in [5.41, 5.74) is 5.34. The maximum absolute atomic E-state index is 5.34. The zero-order chi connectivity index (χ0) is 10.5. The van der Waals surface area contributed by atoms with Crippen LogP contribution in [0, 0.1) is 0 Å². The lowest BCUT2D eigenvalue weighted by atomic mass is 10.1. The van der Waals surface area contributed by atoms with Gasteiger partial charge in [-0.05, 0) is 19.0 Å². The van der Waals surface area contributed by atoms with Crippen molar-refractivity contribution < 1.29 is 0 Å². The molecule has 0 aromatic carbocycles. The minimum Gasteiger partial charge on any atom is -0.390 e. The third-order valence-corrected chi connectivity index (χ3v) is 2.25. The molecule has 0 aliphatic carbocycles. The van der Waals surface area contributed by atoms with E-state index >= 15 is 0 Å². The molecule has 84 valence electrons. The maximum Gasteiger partial charge on any atom is 0.0264 e. The molecule has 3 N–H and O–H groups in total. The third kappa shape index (κ3) is 11.5. The molecule has 0 saturated carbocycles. The van der Waals surface area contributed by atoms with Crippen molar-refractivity contribution in [2.24, 2.45) is 5.73 Å². The zero-order valence-electron chi connectivity index (χ0n) is 9.60. The van der Waals surface area contributed by atoms with Gasteiger partial charge in [-0.3, -0.25) is 0 Å². The first-order valence-corrected chi connectivity index (χ1v) is 6.00. The molecule has 2 heteroatoms. The highest BCUT2D eigenvalue weighted by Gasteiger charge is 1.87. The van der Waals surface area contributed by atoms with Crippen molar-refractivity contribution in [3.8, 4) is 0 Å². The monoisotopic (exact) mass is 198 g/mol. The largest absolute Gasteiger partial charge is 0.390 e. The van der Waals surface area contributed by atoms with Gasteiger partial charge in [0.25, 0.3) is 0 Å². The Morgan fingerprint density at radius 1 is 1.07 bits per heavy atom. The van der Waals surface area contributed by atoms with E-state index in [1.54, 1.807) is 0 Å². The van der Waals surface area contributed by atoms with Crippen molar-refractivity contribution in [2.45, 2.75) is 51.9 Å². The Kier molecular flexibility index (Phi) is 12.1. The molecule has 2 nitrogen and oxygen atoms in total. The summed E-state index contributed by atoms with van der Waals surface area (Å²) in [6, 6.07) is 0. The van der Waals surface area contributed by atoms with E-state index in [0.717, 1.165) is 6.54 Å². The summed E-state index contributed by atoms with van der Waals surface area (Å²) in [5, 5.41) is 3.14. The fourth-order valence-corrected chi connectivity index (χ4v) is 1.38. The summed E-state index contributed by atoms with van der Waals surface area (Å²) < 4.78 is 0. The highest BCUT2D eigenvalue weighted by molar-refractivity contribution is 4.79. The van der Waals surface area contributed by atoms with Gasteiger partial charge in [0.05, 0.1) is 0 Å². The van der Waals surface area contributed by atoms with Crippen molar-refractivity contribution in [3.05, 3.63) is 12.3 Å². The van der Waals surface area contributed by atoms with Crippen LogP contribution in [0.2, 0.25) is 0 Å². The van der Waals surface area contributed by atoms with E-state index in [9.17, 15) is 0 Å². The van der Waals surface area contributed by atoms with Gasteiger partial charge in [0.1, 0.15) is 0 Å². The molecule has 0 aromatic rings. The predicted molar refractivity (Wildman–Crippen MR) is 64.2 cm³/mol. The van der Waals surface area contributed by atoms with Gasteiger partial charge in [-0.1, -0.05) is 45.1 Å². The first-order valence-electron chi connectivity index (χ1n) is 6.00. The van der Waals surface area contributed by atoms with Crippen LogP contribution in [0.5, 0.6) is 0 Å². The van der Waals surface area contributed by atoms with Crippen LogP contribution in [0.25, 0.3) is 0 Å². The van der Waals surface area contributed by atoms with Gasteiger partial charge < -0.3 is 11.1 Å². The van der Waals surface area contributed by atoms with Gasteiger partial charge in [-0.25, -0.2) is 0 Å². The smallest absolute Gasteiger partial charge is 0.0264 e. The normalized spacial score (nSPS) is 11.0. The lowest BCUT2D eigenvalue weighted by Crippen LogP contribution is -2.16. The summed E-state index contributed by atoms with van der Waals surface area (Å²) in [7, 11) is 0. The standard InChI is InChI=1S/C12H26N2/c1-2-3-4-5-6-7-8-9-11-14-12-10-13/h9,11,14H,2-8,10,12-13H2,1H3/b11-9+. The molecule has 14 heavy (non-hydrogen) atoms. The minimum absolute atomic E-state index is 0.710. The van der Waals surface area contributed by atoms with E-state index in [1.165, 1.54) is 44.9 Å². The Morgan fingerprint density at radius 3 is 2.50 bits per heavy atom. The van der Waals surface area contributed by atoms with E-state index in [2.05, 4.69) is 18.3 Å². The molecule has 0 atom stereocenters. The van der Waals surface area contributed by atoms with Crippen LogP contribution in [0.15, 0.2) is 12.3 Å². The molecule has 0 spiro atoms. The second-order valence-electron chi connectivity index (χ2n) is 3.70. The van der Waals surface area contributed by atoms with Crippen LogP contribution in [-0.2, 0) is 0 Å². The second-order valence-corrected chi connectivity index (χ2v) is 3.70. The summed E-state index contributed by atoms with van der Waals surface area (Å²) in [6.45, 7) is 3.85. The Bertz CT molecular complexity index is 121. The summed E-state index contributed by atoms with van der Waals surface area (Å²) in [6.07, 6.45) is 13.7. The number of allylic oxidation sites excluding steroid dienone is 1. The molecule has 0 fully saturated rings. The van der Waals surface area contributed by atoms with Gasteiger partial charge in [-0.2, -0.15) is 0 Å². The van der Waals surface area contributed by atoms with Crippen LogP contribution in [-0.4, -0.2) is 13.1 Å². The topological polar surface area (TPSA) is 38.0 Å². The first kappa shape index (κ1) is 13.5. The summed E-state index contributed by atoms with van der Waals surface area (Å²) in [4.78, 5) is 0. The predicted octanol–water partition coefficient (Wildman–Crippen LogP) is 2.80. The molecule has 0 bridgehead atoms. The van der Waals surface area contributed by atoms with Crippen molar-refractivity contribution in [1.29, 1.82) is 0 Å². The lowest BCUT2D eigenvalue weighted by Gasteiger charge is -1.98. The van der Waals surface area contributed by atoms with E-state index in [1.807, 2.05) is 6.20 Å². The zero-order valence-corrected chi connectivity index (χ0v) is 9.60. The highest BCUT2D eigenvalue weighted by atomic mass is 14.8. The molecular weight excluding hydrogens is 172 g/mol. The summed E-state index contributed by atoms with van der Waals surface area (Å²) >= 11 is 0. The van der Waals surface area contributed by atoms with Crippen LogP contribution < -0.4 is 11.1 Å². The van der Waals surface area contributed by atoms with Crippen LogP contribution >= 0.6 is 0 Å². The molecular formula is C12H26N2. The van der Waals surface area contributed by atoms with Crippen molar-refractivity contribution >= 4 is 0 Å². The number of unbranched alkanes of at least 4 members (excludes halogenated alkanes) is 6. The maximum atomic E-state index is 5.34. The van der Waals surface area contributed by atoms with Gasteiger partial charge >= 0.3 is 0 Å².